The van der Waals surface area contributed by atoms with Crippen LogP contribution in [-0.4, -0.2) is 53.3 Å². The lowest BCUT2D eigenvalue weighted by Crippen LogP contribution is -2.51. The Morgan fingerprint density at radius 2 is 1.86 bits per heavy atom. The van der Waals surface area contributed by atoms with Crippen LogP contribution in [0.1, 0.15) is 30.0 Å². The van der Waals surface area contributed by atoms with E-state index in [1.54, 1.807) is 11.1 Å². The number of piperidine rings is 1. The zero-order valence-electron chi connectivity index (χ0n) is 20.8. The number of anilines is 2. The molecule has 2 N–H and O–H groups in total. The predicted molar refractivity (Wildman–Crippen MR) is 144 cm³/mol. The van der Waals surface area contributed by atoms with E-state index in [4.69, 9.17) is 4.74 Å². The zero-order chi connectivity index (χ0) is 25.5. The summed E-state index contributed by atoms with van der Waals surface area (Å²) in [4.78, 5) is 35.3. The van der Waals surface area contributed by atoms with Gasteiger partial charge in [0.15, 0.2) is 0 Å². The number of pyridine rings is 1. The molecule has 0 saturated carbocycles. The van der Waals surface area contributed by atoms with Gasteiger partial charge in [0.05, 0.1) is 17.4 Å². The number of aromatic nitrogens is 1. The number of para-hydroxylation sites is 1. The molecule has 1 saturated heterocycles. The van der Waals surface area contributed by atoms with Gasteiger partial charge in [0.25, 0.3) is 0 Å². The Kier molecular flexibility index (Phi) is 6.26. The second kappa shape index (κ2) is 9.72. The van der Waals surface area contributed by atoms with Crippen molar-refractivity contribution in [1.29, 1.82) is 0 Å². The zero-order valence-corrected chi connectivity index (χ0v) is 21.6. The topological polar surface area (TPSA) is 86.8 Å². The molecule has 0 spiro atoms. The van der Waals surface area contributed by atoms with E-state index in [1.165, 1.54) is 11.8 Å². The molecule has 6 rings (SSSR count). The first-order valence-electron chi connectivity index (χ1n) is 12.6. The first-order chi connectivity index (χ1) is 18.0. The van der Waals surface area contributed by atoms with Crippen LogP contribution in [0.3, 0.4) is 0 Å². The standard InChI is InChI=1S/C28H29N5O3S/c1-17-16-20(36-19-6-4-3-5-7-19)8-9-21(17)33-22-10-13-29-27-23(22)24(31-28(33)35)25(37-27)26(34)30-18-11-14-32(2)15-12-18/h3-10,13,16,18,24-25H,11-12,14-15H2,1-2H3,(H,30,34)(H,31,35). The van der Waals surface area contributed by atoms with Crippen molar-refractivity contribution in [2.24, 2.45) is 0 Å². The molecule has 3 aromatic rings. The molecule has 37 heavy (non-hydrogen) atoms. The second-order valence-electron chi connectivity index (χ2n) is 9.80. The molecule has 1 aromatic heterocycles. The Hall–Kier alpha value is -3.56. The number of thioether (sulfide) groups is 1. The molecule has 3 aliphatic rings. The summed E-state index contributed by atoms with van der Waals surface area (Å²) in [5.74, 6) is 1.41. The van der Waals surface area contributed by atoms with Crippen LogP contribution in [0.5, 0.6) is 11.5 Å². The lowest BCUT2D eigenvalue weighted by atomic mass is 9.98. The van der Waals surface area contributed by atoms with Crippen molar-refractivity contribution in [1.82, 2.24) is 20.5 Å². The summed E-state index contributed by atoms with van der Waals surface area (Å²) in [5, 5.41) is 6.67. The molecule has 2 unspecified atom stereocenters. The normalized spacial score (nSPS) is 21.4. The molecule has 0 radical (unpaired) electrons. The van der Waals surface area contributed by atoms with Crippen molar-refractivity contribution >= 4 is 35.1 Å². The Balaban J connectivity index is 1.25. The molecule has 1 fully saturated rings. The van der Waals surface area contributed by atoms with Gasteiger partial charge in [0, 0.05) is 17.8 Å². The fraction of sp³-hybridized carbons (Fsp3) is 0.321. The van der Waals surface area contributed by atoms with Gasteiger partial charge in [0.2, 0.25) is 5.91 Å². The number of hydrogen-bond donors (Lipinski definition) is 2. The fourth-order valence-electron chi connectivity index (χ4n) is 5.27. The molecule has 4 heterocycles. The third kappa shape index (κ3) is 4.53. The van der Waals surface area contributed by atoms with Crippen molar-refractivity contribution in [2.45, 2.75) is 42.1 Å². The van der Waals surface area contributed by atoms with Gasteiger partial charge >= 0.3 is 6.03 Å². The summed E-state index contributed by atoms with van der Waals surface area (Å²) in [5.41, 5.74) is 3.32. The predicted octanol–water partition coefficient (Wildman–Crippen LogP) is 4.77. The van der Waals surface area contributed by atoms with Gasteiger partial charge < -0.3 is 20.3 Å². The minimum Gasteiger partial charge on any atom is -0.457 e. The molecule has 190 valence electrons. The maximum atomic E-state index is 13.5. The number of carbonyl (C=O) groups is 2. The lowest BCUT2D eigenvalue weighted by Gasteiger charge is -2.35. The van der Waals surface area contributed by atoms with Crippen molar-refractivity contribution in [3.8, 4) is 11.5 Å². The Morgan fingerprint density at radius 3 is 2.62 bits per heavy atom. The third-order valence-electron chi connectivity index (χ3n) is 7.22. The van der Waals surface area contributed by atoms with E-state index in [2.05, 4.69) is 27.6 Å². The van der Waals surface area contributed by atoms with Gasteiger partial charge in [0.1, 0.15) is 21.8 Å². The average molecular weight is 516 g/mol. The maximum Gasteiger partial charge on any atom is 0.327 e. The van der Waals surface area contributed by atoms with Gasteiger partial charge in [-0.25, -0.2) is 9.78 Å². The Morgan fingerprint density at radius 1 is 1.08 bits per heavy atom. The number of carbonyl (C=O) groups excluding carboxylic acids is 2. The molecule has 3 amide bonds. The van der Waals surface area contributed by atoms with Crippen LogP contribution in [0, 0.1) is 6.92 Å². The molecular weight excluding hydrogens is 486 g/mol. The van der Waals surface area contributed by atoms with E-state index in [0.29, 0.717) is 5.75 Å². The smallest absolute Gasteiger partial charge is 0.327 e. The number of benzene rings is 2. The number of rotatable bonds is 5. The maximum absolute atomic E-state index is 13.5. The first kappa shape index (κ1) is 23.8. The highest BCUT2D eigenvalue weighted by molar-refractivity contribution is 8.01. The average Bonchev–Trinajstić information content (AvgIpc) is 3.27. The van der Waals surface area contributed by atoms with E-state index < -0.39 is 11.3 Å². The van der Waals surface area contributed by atoms with E-state index in [-0.39, 0.29) is 18.0 Å². The summed E-state index contributed by atoms with van der Waals surface area (Å²) in [6.07, 6.45) is 3.58. The molecule has 0 aliphatic carbocycles. The van der Waals surface area contributed by atoms with Crippen LogP contribution < -0.4 is 20.3 Å². The quantitative estimate of drug-likeness (QED) is 0.509. The molecule has 9 heteroatoms. The SMILES string of the molecule is Cc1cc(Oc2ccccc2)ccc1N1C(=O)NC2c3c1ccnc3SC2C(=O)NC1CCN(C)CC1. The van der Waals surface area contributed by atoms with Crippen molar-refractivity contribution < 1.29 is 14.3 Å². The number of nitrogens with one attached hydrogen (secondary N) is 2. The summed E-state index contributed by atoms with van der Waals surface area (Å²) in [7, 11) is 2.10. The van der Waals surface area contributed by atoms with Gasteiger partial charge in [-0.1, -0.05) is 30.0 Å². The number of nitrogens with zero attached hydrogens (tertiary/aromatic N) is 3. The van der Waals surface area contributed by atoms with Gasteiger partial charge in [-0.15, -0.1) is 0 Å². The molecule has 3 aliphatic heterocycles. The number of urea groups is 1. The summed E-state index contributed by atoms with van der Waals surface area (Å²) in [6.45, 7) is 3.90. The number of ether oxygens (including phenoxy) is 1. The van der Waals surface area contributed by atoms with Crippen LogP contribution in [0.2, 0.25) is 0 Å². The first-order valence-corrected chi connectivity index (χ1v) is 13.4. The number of likely N-dealkylation sites (tertiary alicyclic amines) is 1. The van der Waals surface area contributed by atoms with Gasteiger partial charge in [-0.3, -0.25) is 9.69 Å². The third-order valence-corrected chi connectivity index (χ3v) is 8.51. The fourth-order valence-corrected chi connectivity index (χ4v) is 6.50. The second-order valence-corrected chi connectivity index (χ2v) is 10.9. The van der Waals surface area contributed by atoms with Crippen LogP contribution in [-0.2, 0) is 4.79 Å². The van der Waals surface area contributed by atoms with E-state index >= 15 is 0 Å². The molecule has 2 atom stereocenters. The molecule has 0 bridgehead atoms. The van der Waals surface area contributed by atoms with E-state index in [1.807, 2.05) is 61.5 Å². The Bertz CT molecular complexity index is 1340. The number of aryl methyl sites for hydroxylation is 1. The van der Waals surface area contributed by atoms with Crippen molar-refractivity contribution in [2.75, 3.05) is 25.0 Å². The van der Waals surface area contributed by atoms with Gasteiger partial charge in [-0.05, 0) is 81.9 Å². The van der Waals surface area contributed by atoms with E-state index in [9.17, 15) is 9.59 Å². The monoisotopic (exact) mass is 515 g/mol. The minimum absolute atomic E-state index is 0.0409. The highest BCUT2D eigenvalue weighted by atomic mass is 32.2. The van der Waals surface area contributed by atoms with Crippen LogP contribution >= 0.6 is 11.8 Å². The molecule has 8 nitrogen and oxygen atoms in total. The van der Waals surface area contributed by atoms with Crippen molar-refractivity contribution in [3.63, 3.8) is 0 Å². The summed E-state index contributed by atoms with van der Waals surface area (Å²) < 4.78 is 5.97. The summed E-state index contributed by atoms with van der Waals surface area (Å²) in [6, 6.07) is 16.6. The van der Waals surface area contributed by atoms with Crippen LogP contribution in [0.25, 0.3) is 0 Å². The Labute approximate surface area is 220 Å². The molecular formula is C28H29N5O3S. The minimum atomic E-state index is -0.447. The highest BCUT2D eigenvalue weighted by Crippen LogP contribution is 2.51. The number of amides is 3. The lowest BCUT2D eigenvalue weighted by molar-refractivity contribution is -0.122. The van der Waals surface area contributed by atoms with Gasteiger partial charge in [-0.2, -0.15) is 0 Å². The largest absolute Gasteiger partial charge is 0.457 e. The van der Waals surface area contributed by atoms with Crippen LogP contribution in [0.15, 0.2) is 65.8 Å². The van der Waals surface area contributed by atoms with Crippen molar-refractivity contribution in [3.05, 3.63) is 71.9 Å². The molecule has 2 aromatic carbocycles. The highest BCUT2D eigenvalue weighted by Gasteiger charge is 2.47. The summed E-state index contributed by atoms with van der Waals surface area (Å²) >= 11 is 1.43. The van der Waals surface area contributed by atoms with Crippen LogP contribution in [0.4, 0.5) is 16.2 Å². The van der Waals surface area contributed by atoms with E-state index in [0.717, 1.165) is 59.2 Å². The number of hydrogen-bond acceptors (Lipinski definition) is 6.